The van der Waals surface area contributed by atoms with Gasteiger partial charge in [0.15, 0.2) is 9.84 Å². The Kier molecular flexibility index (Phi) is 10.3. The van der Waals surface area contributed by atoms with E-state index in [-0.39, 0.29) is 29.6 Å². The van der Waals surface area contributed by atoms with Crippen molar-refractivity contribution in [2.24, 2.45) is 17.3 Å². The Labute approximate surface area is 316 Å². The molecule has 8 heteroatoms. The zero-order chi connectivity index (χ0) is 37.4. The number of aliphatic hydroxyl groups is 1. The first-order valence-electron chi connectivity index (χ1n) is 19.0. The van der Waals surface area contributed by atoms with Crippen LogP contribution in [0.3, 0.4) is 0 Å². The van der Waals surface area contributed by atoms with E-state index < -0.39 is 52.6 Å². The second-order valence-corrected chi connectivity index (χ2v) is 20.9. The molecule has 4 aromatic rings. The van der Waals surface area contributed by atoms with Crippen molar-refractivity contribution in [1.82, 2.24) is 0 Å². The molecule has 5 atom stereocenters. The van der Waals surface area contributed by atoms with Gasteiger partial charge in [0.2, 0.25) is 9.04 Å². The van der Waals surface area contributed by atoms with Gasteiger partial charge in [-0.1, -0.05) is 149 Å². The van der Waals surface area contributed by atoms with E-state index in [1.54, 1.807) is 24.3 Å². The van der Waals surface area contributed by atoms with E-state index in [9.17, 15) is 15.0 Å². The molecule has 7 rings (SSSR count). The van der Waals surface area contributed by atoms with Gasteiger partial charge >= 0.3 is 5.97 Å². The van der Waals surface area contributed by atoms with Gasteiger partial charge < -0.3 is 14.6 Å². The van der Waals surface area contributed by atoms with Crippen molar-refractivity contribution in [2.75, 3.05) is 0 Å². The highest BCUT2D eigenvalue weighted by molar-refractivity contribution is 7.93. The molecule has 0 saturated heterocycles. The monoisotopic (exact) mass is 746 g/mol. The second-order valence-electron chi connectivity index (χ2n) is 16.4. The first kappa shape index (κ1) is 37.3. The maximum absolute atomic E-state index is 16.0. The highest BCUT2D eigenvalue weighted by Crippen LogP contribution is 2.67. The maximum Gasteiger partial charge on any atom is 0.307 e. The van der Waals surface area contributed by atoms with Crippen LogP contribution in [-0.4, -0.2) is 50.1 Å². The fourth-order valence-corrected chi connectivity index (χ4v) is 14.9. The largest absolute Gasteiger partial charge is 0.481 e. The average Bonchev–Trinajstić information content (AvgIpc) is 3.65. The molecule has 0 heterocycles. The Balaban J connectivity index is 1.55. The SMILES string of the molecule is CC(C)(C)C1CC2c3cc(CC(=O)O)ccc3CC2(S(=O)(=O)c2ccccc2)C1(C#CC(O)C1CCCCC1)O[SiH](c1ccccc1)c1ccccc1. The van der Waals surface area contributed by atoms with Crippen LogP contribution in [-0.2, 0) is 31.9 Å². The van der Waals surface area contributed by atoms with Crippen molar-refractivity contribution < 1.29 is 27.9 Å². The molecule has 0 aliphatic heterocycles. The lowest BCUT2D eigenvalue weighted by Crippen LogP contribution is -2.66. The van der Waals surface area contributed by atoms with E-state index in [0.29, 0.717) is 12.0 Å². The van der Waals surface area contributed by atoms with E-state index in [2.05, 4.69) is 56.9 Å². The van der Waals surface area contributed by atoms with Gasteiger partial charge in [-0.15, -0.1) is 0 Å². The number of carboxylic acids is 1. The third kappa shape index (κ3) is 6.71. The molecule has 6 nitrogen and oxygen atoms in total. The molecule has 0 aromatic heterocycles. The molecule has 0 spiro atoms. The van der Waals surface area contributed by atoms with Crippen LogP contribution in [0.15, 0.2) is 114 Å². The molecule has 0 amide bonds. The Morgan fingerprint density at radius 2 is 1.47 bits per heavy atom. The molecule has 4 aromatic carbocycles. The number of benzene rings is 4. The Morgan fingerprint density at radius 3 is 2.04 bits per heavy atom. The third-order valence-corrected chi connectivity index (χ3v) is 17.3. The van der Waals surface area contributed by atoms with Gasteiger partial charge in [-0.25, -0.2) is 8.42 Å². The fraction of sp³-hybridized carbons (Fsp3) is 0.400. The van der Waals surface area contributed by atoms with Gasteiger partial charge in [0.1, 0.15) is 16.5 Å². The lowest BCUT2D eigenvalue weighted by atomic mass is 9.69. The minimum Gasteiger partial charge on any atom is -0.481 e. The normalized spacial score (nSPS) is 24.9. The number of hydrogen-bond donors (Lipinski definition) is 2. The molecule has 0 bridgehead atoms. The predicted molar refractivity (Wildman–Crippen MR) is 212 cm³/mol. The van der Waals surface area contributed by atoms with E-state index >= 15 is 8.42 Å². The quantitative estimate of drug-likeness (QED) is 0.151. The lowest BCUT2D eigenvalue weighted by Gasteiger charge is -2.49. The van der Waals surface area contributed by atoms with Crippen molar-refractivity contribution in [3.63, 3.8) is 0 Å². The second kappa shape index (κ2) is 14.7. The van der Waals surface area contributed by atoms with E-state index in [0.717, 1.165) is 53.6 Å². The topological polar surface area (TPSA) is 101 Å². The van der Waals surface area contributed by atoms with Crippen molar-refractivity contribution in [3.05, 3.63) is 126 Å². The van der Waals surface area contributed by atoms with E-state index in [1.165, 1.54) is 0 Å². The first-order chi connectivity index (χ1) is 25.4. The lowest BCUT2D eigenvalue weighted by molar-refractivity contribution is -0.136. The van der Waals surface area contributed by atoms with Crippen LogP contribution in [0.25, 0.3) is 0 Å². The van der Waals surface area contributed by atoms with Crippen LogP contribution >= 0.6 is 0 Å². The minimum atomic E-state index is -4.23. The summed E-state index contributed by atoms with van der Waals surface area (Å²) in [5, 5.41) is 23.6. The molecule has 2 fully saturated rings. The number of sulfone groups is 1. The van der Waals surface area contributed by atoms with Gasteiger partial charge in [-0.05, 0) is 76.2 Å². The zero-order valence-electron chi connectivity index (χ0n) is 30.9. The van der Waals surface area contributed by atoms with Crippen LogP contribution in [0.4, 0.5) is 0 Å². The van der Waals surface area contributed by atoms with Gasteiger partial charge in [0, 0.05) is 11.8 Å². The van der Waals surface area contributed by atoms with Gasteiger partial charge in [-0.2, -0.15) is 0 Å². The van der Waals surface area contributed by atoms with Crippen LogP contribution < -0.4 is 10.4 Å². The number of carboxylic acid groups (broad SMARTS) is 1. The summed E-state index contributed by atoms with van der Waals surface area (Å²) in [5.74, 6) is 5.12. The molecule has 3 aliphatic rings. The molecular weight excluding hydrogens is 697 g/mol. The number of rotatable bonds is 9. The van der Waals surface area contributed by atoms with Gasteiger partial charge in [0.25, 0.3) is 0 Å². The minimum absolute atomic E-state index is 0.0101. The number of aliphatic carboxylic acids is 1. The van der Waals surface area contributed by atoms with E-state index in [1.807, 2.05) is 60.7 Å². The molecule has 53 heavy (non-hydrogen) atoms. The number of aliphatic hydroxyl groups excluding tert-OH is 1. The summed E-state index contributed by atoms with van der Waals surface area (Å²) in [6.07, 6.45) is 4.52. The fourth-order valence-electron chi connectivity index (χ4n) is 9.65. The number of carbonyl (C=O) groups is 1. The van der Waals surface area contributed by atoms with Crippen LogP contribution in [0.2, 0.25) is 0 Å². The number of fused-ring (bicyclic) bond motifs is 3. The highest BCUT2D eigenvalue weighted by Gasteiger charge is 2.76. The van der Waals surface area contributed by atoms with E-state index in [4.69, 9.17) is 4.43 Å². The Morgan fingerprint density at radius 1 is 0.887 bits per heavy atom. The molecule has 0 radical (unpaired) electrons. The molecular formula is C45H50O6SSi. The average molecular weight is 747 g/mol. The highest BCUT2D eigenvalue weighted by atomic mass is 32.2. The van der Waals surface area contributed by atoms with Crippen molar-refractivity contribution in [2.45, 2.75) is 99.4 Å². The molecule has 2 saturated carbocycles. The molecule has 276 valence electrons. The molecule has 5 unspecified atom stereocenters. The summed E-state index contributed by atoms with van der Waals surface area (Å²) in [4.78, 5) is 12.1. The van der Waals surface area contributed by atoms with Crippen molar-refractivity contribution in [3.8, 4) is 11.8 Å². The predicted octanol–water partition coefficient (Wildman–Crippen LogP) is 6.47. The zero-order valence-corrected chi connectivity index (χ0v) is 32.8. The van der Waals surface area contributed by atoms with Crippen LogP contribution in [0.1, 0.15) is 81.9 Å². The Bertz CT molecular complexity index is 2060. The molecule has 2 N–H and O–H groups in total. The summed E-state index contributed by atoms with van der Waals surface area (Å²) < 4.78 is 38.2. The summed E-state index contributed by atoms with van der Waals surface area (Å²) >= 11 is 0. The summed E-state index contributed by atoms with van der Waals surface area (Å²) in [6, 6.07) is 34.5. The van der Waals surface area contributed by atoms with Gasteiger partial charge in [0.05, 0.1) is 11.3 Å². The van der Waals surface area contributed by atoms with Crippen LogP contribution in [0, 0.1) is 29.1 Å². The first-order valence-corrected chi connectivity index (χ1v) is 22.1. The summed E-state index contributed by atoms with van der Waals surface area (Å²) in [6.45, 7) is 6.42. The van der Waals surface area contributed by atoms with Crippen LogP contribution in [0.5, 0.6) is 0 Å². The number of hydrogen-bond acceptors (Lipinski definition) is 5. The van der Waals surface area contributed by atoms with Crippen molar-refractivity contribution >= 4 is 35.2 Å². The maximum atomic E-state index is 16.0. The standard InChI is InChI=1S/C45H50O6SSi/c1-43(2,3)41-30-39-38-28-32(29-42(47)48)24-25-34(38)31-45(39,52(49,50)35-18-10-5-11-19-35)44(41,27-26-40(46)33-16-8-4-9-17-33)51-53(36-20-12-6-13-21-36)37-22-14-7-15-23-37/h5-7,10-15,18-25,28,33,39-41,46,53H,4,8-9,16-17,29-31H2,1-3H3,(H,47,48). The molecule has 3 aliphatic carbocycles. The van der Waals surface area contributed by atoms with Crippen molar-refractivity contribution in [1.29, 1.82) is 0 Å². The third-order valence-electron chi connectivity index (χ3n) is 12.1. The summed E-state index contributed by atoms with van der Waals surface area (Å²) in [5.41, 5.74) is 0.328. The van der Waals surface area contributed by atoms with Gasteiger partial charge in [-0.3, -0.25) is 4.79 Å². The summed E-state index contributed by atoms with van der Waals surface area (Å²) in [7, 11) is -6.92. The Hall–Kier alpha value is -4.00. The smallest absolute Gasteiger partial charge is 0.307 e.